The van der Waals surface area contributed by atoms with Crippen molar-refractivity contribution in [1.29, 1.82) is 0 Å². The molecule has 0 saturated heterocycles. The molecule has 0 fully saturated rings. The third kappa shape index (κ3) is 6.18. The number of hydrogen-bond acceptors (Lipinski definition) is 3. The Hall–Kier alpha value is -3.64. The van der Waals surface area contributed by atoms with Crippen LogP contribution in [-0.4, -0.2) is 24.3 Å². The monoisotopic (exact) mass is 421 g/mol. The zero-order chi connectivity index (χ0) is 21.3. The molecule has 6 nitrogen and oxygen atoms in total. The van der Waals surface area contributed by atoms with E-state index in [2.05, 4.69) is 16.0 Å². The number of rotatable bonds is 7. The van der Waals surface area contributed by atoms with Crippen molar-refractivity contribution in [3.05, 3.63) is 95.0 Å². The topological polar surface area (TPSA) is 87.3 Å². The van der Waals surface area contributed by atoms with Gasteiger partial charge >= 0.3 is 0 Å². The number of carbonyl (C=O) groups is 3. The molecule has 0 atom stereocenters. The normalized spacial score (nSPS) is 10.2. The first-order valence-electron chi connectivity index (χ1n) is 9.27. The minimum Gasteiger partial charge on any atom is -0.347 e. The third-order valence-electron chi connectivity index (χ3n) is 4.21. The first-order chi connectivity index (χ1) is 14.5. The van der Waals surface area contributed by atoms with Gasteiger partial charge < -0.3 is 16.0 Å². The second-order valence-corrected chi connectivity index (χ2v) is 6.93. The van der Waals surface area contributed by atoms with E-state index in [9.17, 15) is 14.4 Å². The van der Waals surface area contributed by atoms with E-state index in [1.165, 1.54) is 0 Å². The molecule has 0 bridgehead atoms. The molecule has 0 radical (unpaired) electrons. The van der Waals surface area contributed by atoms with Gasteiger partial charge in [0.25, 0.3) is 5.91 Å². The van der Waals surface area contributed by atoms with Crippen molar-refractivity contribution in [3.63, 3.8) is 0 Å². The first-order valence-corrected chi connectivity index (χ1v) is 9.65. The lowest BCUT2D eigenvalue weighted by Crippen LogP contribution is -2.34. The van der Waals surface area contributed by atoms with E-state index in [0.29, 0.717) is 22.0 Å². The van der Waals surface area contributed by atoms with Crippen LogP contribution in [0.25, 0.3) is 0 Å². The molecule has 0 unspecified atom stereocenters. The summed E-state index contributed by atoms with van der Waals surface area (Å²) in [5, 5.41) is 8.60. The molecule has 3 amide bonds. The Labute approximate surface area is 179 Å². The number of para-hydroxylation sites is 2. The molecule has 30 heavy (non-hydrogen) atoms. The van der Waals surface area contributed by atoms with Gasteiger partial charge in [-0.25, -0.2) is 0 Å². The molecule has 0 aliphatic heterocycles. The maximum Gasteiger partial charge on any atom is 0.255 e. The standard InChI is InChI=1S/C23H20ClN3O3/c24-18-12-10-17(11-13-18)23(30)27-20-9-5-4-8-19(20)26-22(29)15-25-21(28)14-16-6-2-1-3-7-16/h1-13H,14-15H2,(H,25,28)(H,26,29)(H,27,30). The Kier molecular flexibility index (Phi) is 7.19. The Morgan fingerprint density at radius 2 is 1.30 bits per heavy atom. The number of halogens is 1. The molecular formula is C23H20ClN3O3. The summed E-state index contributed by atoms with van der Waals surface area (Å²) in [6.45, 7) is -0.175. The van der Waals surface area contributed by atoms with Crippen molar-refractivity contribution in [2.75, 3.05) is 17.2 Å². The van der Waals surface area contributed by atoms with Gasteiger partial charge in [-0.15, -0.1) is 0 Å². The summed E-state index contributed by atoms with van der Waals surface area (Å²) in [5.41, 5.74) is 2.18. The number of nitrogens with one attached hydrogen (secondary N) is 3. The van der Waals surface area contributed by atoms with Crippen LogP contribution in [0.15, 0.2) is 78.9 Å². The lowest BCUT2D eigenvalue weighted by atomic mass is 10.1. The van der Waals surface area contributed by atoms with Gasteiger partial charge in [0.05, 0.1) is 24.3 Å². The maximum absolute atomic E-state index is 12.4. The smallest absolute Gasteiger partial charge is 0.255 e. The quantitative estimate of drug-likeness (QED) is 0.540. The van der Waals surface area contributed by atoms with Gasteiger partial charge in [0, 0.05) is 10.6 Å². The molecule has 3 aromatic carbocycles. The van der Waals surface area contributed by atoms with Crippen molar-refractivity contribution < 1.29 is 14.4 Å². The fourth-order valence-electron chi connectivity index (χ4n) is 2.71. The van der Waals surface area contributed by atoms with E-state index in [-0.39, 0.29) is 24.8 Å². The predicted octanol–water partition coefficient (Wildman–Crippen LogP) is 3.89. The van der Waals surface area contributed by atoms with Crippen LogP contribution < -0.4 is 16.0 Å². The Morgan fingerprint density at radius 3 is 1.97 bits per heavy atom. The van der Waals surface area contributed by atoms with Crippen LogP contribution >= 0.6 is 11.6 Å². The van der Waals surface area contributed by atoms with E-state index >= 15 is 0 Å². The van der Waals surface area contributed by atoms with Crippen molar-refractivity contribution in [3.8, 4) is 0 Å². The SMILES string of the molecule is O=C(Cc1ccccc1)NCC(=O)Nc1ccccc1NC(=O)c1ccc(Cl)cc1. The van der Waals surface area contributed by atoms with Gasteiger partial charge in [-0.1, -0.05) is 54.1 Å². The van der Waals surface area contributed by atoms with Crippen LogP contribution in [-0.2, 0) is 16.0 Å². The molecule has 7 heteroatoms. The summed E-state index contributed by atoms with van der Waals surface area (Å²) in [6.07, 6.45) is 0.196. The fourth-order valence-corrected chi connectivity index (χ4v) is 2.84. The average molecular weight is 422 g/mol. The summed E-state index contributed by atoms with van der Waals surface area (Å²) in [6, 6.07) is 22.6. The summed E-state index contributed by atoms with van der Waals surface area (Å²) < 4.78 is 0. The van der Waals surface area contributed by atoms with Crippen LogP contribution in [0.5, 0.6) is 0 Å². The lowest BCUT2D eigenvalue weighted by molar-refractivity contribution is -0.123. The van der Waals surface area contributed by atoms with E-state index < -0.39 is 5.91 Å². The zero-order valence-electron chi connectivity index (χ0n) is 16.0. The first kappa shape index (κ1) is 21.1. The number of amides is 3. The van der Waals surface area contributed by atoms with E-state index in [0.717, 1.165) is 5.56 Å². The number of carbonyl (C=O) groups excluding carboxylic acids is 3. The number of hydrogen-bond donors (Lipinski definition) is 3. The zero-order valence-corrected chi connectivity index (χ0v) is 16.8. The second-order valence-electron chi connectivity index (χ2n) is 6.49. The highest BCUT2D eigenvalue weighted by molar-refractivity contribution is 6.30. The van der Waals surface area contributed by atoms with Crippen LogP contribution in [0.1, 0.15) is 15.9 Å². The molecule has 0 saturated carbocycles. The molecule has 3 rings (SSSR count). The molecule has 3 aromatic rings. The van der Waals surface area contributed by atoms with Gasteiger partial charge in [-0.3, -0.25) is 14.4 Å². The summed E-state index contributed by atoms with van der Waals surface area (Å²) in [7, 11) is 0. The van der Waals surface area contributed by atoms with Crippen molar-refractivity contribution in [2.45, 2.75) is 6.42 Å². The second kappa shape index (κ2) is 10.2. The molecule has 0 heterocycles. The predicted molar refractivity (Wildman–Crippen MR) is 118 cm³/mol. The van der Waals surface area contributed by atoms with Gasteiger partial charge in [-0.2, -0.15) is 0 Å². The molecule has 3 N–H and O–H groups in total. The molecule has 0 aromatic heterocycles. The highest BCUT2D eigenvalue weighted by Gasteiger charge is 2.12. The lowest BCUT2D eigenvalue weighted by Gasteiger charge is -2.13. The fraction of sp³-hybridized carbons (Fsp3) is 0.0870. The van der Waals surface area contributed by atoms with Gasteiger partial charge in [0.1, 0.15) is 0 Å². The van der Waals surface area contributed by atoms with Crippen LogP contribution in [0.2, 0.25) is 5.02 Å². The third-order valence-corrected chi connectivity index (χ3v) is 4.46. The molecule has 0 aliphatic carbocycles. The van der Waals surface area contributed by atoms with Crippen LogP contribution in [0, 0.1) is 0 Å². The summed E-state index contributed by atoms with van der Waals surface area (Å²) in [5.74, 6) is -0.977. The maximum atomic E-state index is 12.4. The highest BCUT2D eigenvalue weighted by Crippen LogP contribution is 2.22. The summed E-state index contributed by atoms with van der Waals surface area (Å²) >= 11 is 5.85. The van der Waals surface area contributed by atoms with E-state index in [1.54, 1.807) is 48.5 Å². The minimum atomic E-state index is -0.399. The molecular weight excluding hydrogens is 402 g/mol. The van der Waals surface area contributed by atoms with Crippen LogP contribution in [0.3, 0.4) is 0 Å². The van der Waals surface area contributed by atoms with Crippen molar-refractivity contribution >= 4 is 40.7 Å². The van der Waals surface area contributed by atoms with Gasteiger partial charge in [0.2, 0.25) is 11.8 Å². The number of benzene rings is 3. The summed E-state index contributed by atoms with van der Waals surface area (Å²) in [4.78, 5) is 36.7. The Balaban J connectivity index is 1.56. The molecule has 0 aliphatic rings. The van der Waals surface area contributed by atoms with E-state index in [4.69, 9.17) is 11.6 Å². The minimum absolute atomic E-state index is 0.175. The molecule has 152 valence electrons. The van der Waals surface area contributed by atoms with Gasteiger partial charge in [-0.05, 0) is 42.0 Å². The largest absolute Gasteiger partial charge is 0.347 e. The van der Waals surface area contributed by atoms with Crippen molar-refractivity contribution in [1.82, 2.24) is 5.32 Å². The van der Waals surface area contributed by atoms with E-state index in [1.807, 2.05) is 30.3 Å². The van der Waals surface area contributed by atoms with Crippen LogP contribution in [0.4, 0.5) is 11.4 Å². The average Bonchev–Trinajstić information content (AvgIpc) is 2.75. The van der Waals surface area contributed by atoms with Crippen molar-refractivity contribution in [2.24, 2.45) is 0 Å². The Bertz CT molecular complexity index is 1040. The Morgan fingerprint density at radius 1 is 0.700 bits per heavy atom. The van der Waals surface area contributed by atoms with Gasteiger partial charge in [0.15, 0.2) is 0 Å². The number of anilines is 2. The highest BCUT2D eigenvalue weighted by atomic mass is 35.5. The molecule has 0 spiro atoms.